The van der Waals surface area contributed by atoms with Crippen LogP contribution in [0.2, 0.25) is 5.02 Å². The van der Waals surface area contributed by atoms with Crippen molar-refractivity contribution in [3.05, 3.63) is 179 Å². The van der Waals surface area contributed by atoms with E-state index in [9.17, 15) is 0 Å². The van der Waals surface area contributed by atoms with Gasteiger partial charge in [-0.15, -0.1) is 0 Å². The van der Waals surface area contributed by atoms with E-state index in [-0.39, 0.29) is 10.8 Å². The van der Waals surface area contributed by atoms with Crippen molar-refractivity contribution in [2.24, 2.45) is 0 Å². The van der Waals surface area contributed by atoms with Gasteiger partial charge in [0.15, 0.2) is 0 Å². The maximum absolute atomic E-state index is 6.75. The van der Waals surface area contributed by atoms with E-state index in [4.69, 9.17) is 11.6 Å². The molecule has 2 aliphatic carbocycles. The number of nitrogens with zero attached hydrogens (tertiary/aromatic N) is 2. The minimum absolute atomic E-state index is 0.161. The summed E-state index contributed by atoms with van der Waals surface area (Å²) in [5.41, 5.74) is 17.9. The molecule has 0 atom stereocenters. The Hall–Kier alpha value is -5.57. The van der Waals surface area contributed by atoms with Gasteiger partial charge < -0.3 is 9.47 Å². The van der Waals surface area contributed by atoms with E-state index in [1.54, 1.807) is 0 Å². The Bertz CT molecular complexity index is 2750. The van der Waals surface area contributed by atoms with Crippen LogP contribution in [0.4, 0.5) is 17.1 Å². The largest absolute Gasteiger partial charge is 0.310 e. The molecule has 1 fully saturated rings. The number of para-hydroxylation sites is 2. The van der Waals surface area contributed by atoms with Gasteiger partial charge in [-0.1, -0.05) is 104 Å². The van der Waals surface area contributed by atoms with Crippen molar-refractivity contribution in [2.45, 2.75) is 37.5 Å². The Balaban J connectivity index is 1.09. The smallest absolute Gasteiger partial charge is 0.0541 e. The fourth-order valence-corrected chi connectivity index (χ4v) is 9.59. The minimum Gasteiger partial charge on any atom is -0.310 e. The lowest BCUT2D eigenvalue weighted by Crippen LogP contribution is -2.30. The molecule has 1 spiro atoms. The fraction of sp³-hybridized carbons (Fsp3) is 0.125. The zero-order valence-electron chi connectivity index (χ0n) is 28.6. The Morgan fingerprint density at radius 3 is 2.00 bits per heavy atom. The third-order valence-electron chi connectivity index (χ3n) is 12.1. The van der Waals surface area contributed by atoms with Crippen molar-refractivity contribution in [1.82, 2.24) is 4.57 Å². The van der Waals surface area contributed by atoms with Crippen LogP contribution in [0, 0.1) is 0 Å². The quantitative estimate of drug-likeness (QED) is 0.181. The summed E-state index contributed by atoms with van der Waals surface area (Å²) >= 11 is 6.75. The van der Waals surface area contributed by atoms with Crippen molar-refractivity contribution in [3.63, 3.8) is 0 Å². The van der Waals surface area contributed by atoms with Crippen molar-refractivity contribution in [2.75, 3.05) is 4.90 Å². The number of aromatic nitrogens is 1. The number of halogens is 1. The van der Waals surface area contributed by atoms with Crippen LogP contribution in [-0.4, -0.2) is 4.57 Å². The highest BCUT2D eigenvalue weighted by atomic mass is 35.5. The summed E-state index contributed by atoms with van der Waals surface area (Å²) < 4.78 is 2.38. The van der Waals surface area contributed by atoms with Gasteiger partial charge in [-0.05, 0) is 130 Å². The molecule has 0 radical (unpaired) electrons. The SMILES string of the molecule is CC1(C)c2cc(Cl)ccc2N(c2ccc3c(c2)C2(CC2)c2ccccc2-3)c2ccc(-c3ccc4c(c3)c3ccccc3n4-c3ccccc3)cc21. The Labute approximate surface area is 303 Å². The van der Waals surface area contributed by atoms with Gasteiger partial charge in [0.05, 0.1) is 22.4 Å². The van der Waals surface area contributed by atoms with Gasteiger partial charge in [-0.2, -0.15) is 0 Å². The summed E-state index contributed by atoms with van der Waals surface area (Å²) in [7, 11) is 0. The average Bonchev–Trinajstić information content (AvgIpc) is 3.85. The van der Waals surface area contributed by atoms with Gasteiger partial charge in [0.2, 0.25) is 0 Å². The highest BCUT2D eigenvalue weighted by Gasteiger charge is 2.52. The Morgan fingerprint density at radius 1 is 0.490 bits per heavy atom. The summed E-state index contributed by atoms with van der Waals surface area (Å²) in [5.74, 6) is 0. The van der Waals surface area contributed by atoms with Gasteiger partial charge in [-0.25, -0.2) is 0 Å². The first-order valence-electron chi connectivity index (χ1n) is 18.0. The number of fused-ring (bicyclic) bond motifs is 10. The lowest BCUT2D eigenvalue weighted by molar-refractivity contribution is 0.632. The summed E-state index contributed by atoms with van der Waals surface area (Å²) in [5, 5.41) is 3.29. The molecule has 3 aliphatic rings. The highest BCUT2D eigenvalue weighted by molar-refractivity contribution is 6.30. The van der Waals surface area contributed by atoms with E-state index in [2.05, 4.69) is 169 Å². The van der Waals surface area contributed by atoms with E-state index < -0.39 is 0 Å². The molecule has 0 amide bonds. The first kappa shape index (κ1) is 29.2. The lowest BCUT2D eigenvalue weighted by atomic mass is 9.72. The Kier molecular flexibility index (Phi) is 5.86. The molecular weight excluding hydrogens is 640 g/mol. The maximum Gasteiger partial charge on any atom is 0.0541 e. The molecule has 2 heterocycles. The third kappa shape index (κ3) is 4.00. The van der Waals surface area contributed by atoms with Gasteiger partial charge >= 0.3 is 0 Å². The molecule has 8 aromatic rings. The zero-order chi connectivity index (χ0) is 34.1. The van der Waals surface area contributed by atoms with Gasteiger partial charge in [-0.3, -0.25) is 0 Å². The van der Waals surface area contributed by atoms with E-state index in [1.165, 1.54) is 102 Å². The van der Waals surface area contributed by atoms with Crippen LogP contribution in [0.1, 0.15) is 48.9 Å². The van der Waals surface area contributed by atoms with E-state index in [0.29, 0.717) is 0 Å². The molecule has 1 saturated carbocycles. The molecule has 244 valence electrons. The molecule has 0 saturated heterocycles. The van der Waals surface area contributed by atoms with E-state index in [1.807, 2.05) is 6.07 Å². The van der Waals surface area contributed by atoms with Crippen molar-refractivity contribution >= 4 is 50.5 Å². The molecular formula is C48H35ClN2. The molecule has 7 aromatic carbocycles. The second kappa shape index (κ2) is 10.2. The monoisotopic (exact) mass is 674 g/mol. The number of rotatable bonds is 3. The van der Waals surface area contributed by atoms with Crippen LogP contribution in [0.5, 0.6) is 0 Å². The second-order valence-corrected chi connectivity index (χ2v) is 15.6. The predicted molar refractivity (Wildman–Crippen MR) is 213 cm³/mol. The number of hydrogen-bond acceptors (Lipinski definition) is 1. The normalized spacial score (nSPS) is 15.9. The molecule has 11 rings (SSSR count). The van der Waals surface area contributed by atoms with Gasteiger partial charge in [0.1, 0.15) is 0 Å². The number of benzene rings is 7. The minimum atomic E-state index is -0.264. The fourth-order valence-electron chi connectivity index (χ4n) is 9.42. The van der Waals surface area contributed by atoms with Crippen LogP contribution in [0.15, 0.2) is 152 Å². The van der Waals surface area contributed by atoms with E-state index in [0.717, 1.165) is 5.02 Å². The molecule has 1 aromatic heterocycles. The molecule has 0 bridgehead atoms. The first-order valence-corrected chi connectivity index (χ1v) is 18.4. The van der Waals surface area contributed by atoms with Gasteiger partial charge in [0.25, 0.3) is 0 Å². The van der Waals surface area contributed by atoms with Crippen LogP contribution < -0.4 is 4.90 Å². The molecule has 0 N–H and O–H groups in total. The molecule has 51 heavy (non-hydrogen) atoms. The summed E-state index contributed by atoms with van der Waals surface area (Å²) in [4.78, 5) is 2.48. The van der Waals surface area contributed by atoms with Crippen LogP contribution in [0.3, 0.4) is 0 Å². The van der Waals surface area contributed by atoms with Crippen molar-refractivity contribution < 1.29 is 0 Å². The first-order chi connectivity index (χ1) is 24.9. The lowest BCUT2D eigenvalue weighted by Gasteiger charge is -2.42. The second-order valence-electron chi connectivity index (χ2n) is 15.1. The zero-order valence-corrected chi connectivity index (χ0v) is 29.4. The standard InChI is InChI=1S/C48H35ClN2/c1-47(2)41-27-31(30-16-21-44-38(26-30)37-13-7-9-15-43(37)50(44)33-10-4-3-5-11-33)17-22-45(41)51(46-23-18-32(49)28-42(46)47)34-19-20-36-35-12-6-8-14-39(35)48(24-25-48)40(36)29-34/h3-23,26-29H,24-25H2,1-2H3. The van der Waals surface area contributed by atoms with Crippen LogP contribution in [-0.2, 0) is 10.8 Å². The summed E-state index contributed by atoms with van der Waals surface area (Å²) in [6.45, 7) is 4.69. The van der Waals surface area contributed by atoms with Crippen LogP contribution in [0.25, 0.3) is 49.7 Å². The predicted octanol–water partition coefficient (Wildman–Crippen LogP) is 13.3. The molecule has 3 heteroatoms. The average molecular weight is 675 g/mol. The molecule has 1 aliphatic heterocycles. The Morgan fingerprint density at radius 2 is 1.16 bits per heavy atom. The van der Waals surface area contributed by atoms with Crippen molar-refractivity contribution in [3.8, 4) is 27.9 Å². The van der Waals surface area contributed by atoms with Crippen LogP contribution >= 0.6 is 11.6 Å². The topological polar surface area (TPSA) is 8.17 Å². The van der Waals surface area contributed by atoms with E-state index >= 15 is 0 Å². The highest BCUT2D eigenvalue weighted by Crippen LogP contribution is 2.63. The molecule has 0 unspecified atom stereocenters. The number of anilines is 3. The summed E-state index contributed by atoms with van der Waals surface area (Å²) in [6.07, 6.45) is 2.43. The maximum atomic E-state index is 6.75. The van der Waals surface area contributed by atoms with Gasteiger partial charge in [0, 0.05) is 38.0 Å². The number of hydrogen-bond donors (Lipinski definition) is 0. The van der Waals surface area contributed by atoms with Crippen molar-refractivity contribution in [1.29, 1.82) is 0 Å². The molecule has 2 nitrogen and oxygen atoms in total. The third-order valence-corrected chi connectivity index (χ3v) is 12.3. The summed E-state index contributed by atoms with van der Waals surface area (Å²) in [6, 6.07) is 56.1.